The highest BCUT2D eigenvalue weighted by atomic mass is 16.2. The van der Waals surface area contributed by atoms with Crippen molar-refractivity contribution in [3.8, 4) is 0 Å². The van der Waals surface area contributed by atoms with Gasteiger partial charge in [0.1, 0.15) is 0 Å². The fourth-order valence-corrected chi connectivity index (χ4v) is 1.56. The van der Waals surface area contributed by atoms with Gasteiger partial charge in [-0.15, -0.1) is 0 Å². The lowest BCUT2D eigenvalue weighted by Crippen LogP contribution is -2.34. The number of carbonyl (C=O) groups excluding carboxylic acids is 2. The van der Waals surface area contributed by atoms with E-state index in [1.807, 2.05) is 26.0 Å². The van der Waals surface area contributed by atoms with E-state index in [-0.39, 0.29) is 18.0 Å². The Hall–Kier alpha value is -2.08. The van der Waals surface area contributed by atoms with Crippen molar-refractivity contribution in [1.29, 1.82) is 0 Å². The molecule has 6 heteroatoms. The average molecular weight is 278 g/mol. The second-order valence-corrected chi connectivity index (χ2v) is 4.77. The van der Waals surface area contributed by atoms with Crippen molar-refractivity contribution in [2.75, 3.05) is 11.9 Å². The van der Waals surface area contributed by atoms with Crippen molar-refractivity contribution >= 4 is 17.6 Å². The van der Waals surface area contributed by atoms with Crippen molar-refractivity contribution in [2.24, 2.45) is 5.73 Å². The molecule has 6 nitrogen and oxygen atoms in total. The molecule has 0 spiro atoms. The van der Waals surface area contributed by atoms with Crippen LogP contribution in [0.15, 0.2) is 24.3 Å². The molecule has 0 aliphatic rings. The molecule has 1 aromatic rings. The largest absolute Gasteiger partial charge is 0.352 e. The number of urea groups is 1. The number of rotatable bonds is 6. The van der Waals surface area contributed by atoms with Gasteiger partial charge in [-0.25, -0.2) is 4.79 Å². The zero-order chi connectivity index (χ0) is 15.0. The molecule has 0 aliphatic heterocycles. The van der Waals surface area contributed by atoms with E-state index in [9.17, 15) is 9.59 Å². The molecule has 110 valence electrons. The second kappa shape index (κ2) is 8.16. The van der Waals surface area contributed by atoms with Crippen LogP contribution in [0.5, 0.6) is 0 Å². The van der Waals surface area contributed by atoms with Crippen molar-refractivity contribution in [2.45, 2.75) is 32.9 Å². The molecule has 0 radical (unpaired) electrons. The number of nitrogens with two attached hydrogens (primary N) is 1. The van der Waals surface area contributed by atoms with Gasteiger partial charge in [0.15, 0.2) is 0 Å². The summed E-state index contributed by atoms with van der Waals surface area (Å²) in [5, 5.41) is 8.24. The van der Waals surface area contributed by atoms with Gasteiger partial charge in [0.2, 0.25) is 5.91 Å². The third-order valence-corrected chi connectivity index (χ3v) is 2.49. The van der Waals surface area contributed by atoms with E-state index in [2.05, 4.69) is 16.0 Å². The van der Waals surface area contributed by atoms with Gasteiger partial charge in [-0.05, 0) is 31.5 Å². The van der Waals surface area contributed by atoms with Crippen LogP contribution in [0.25, 0.3) is 0 Å². The highest BCUT2D eigenvalue weighted by Crippen LogP contribution is 2.09. The van der Waals surface area contributed by atoms with E-state index in [0.717, 1.165) is 5.56 Å². The van der Waals surface area contributed by atoms with Crippen LogP contribution in [0.3, 0.4) is 0 Å². The Morgan fingerprint density at radius 2 is 1.85 bits per heavy atom. The minimum Gasteiger partial charge on any atom is -0.352 e. The van der Waals surface area contributed by atoms with Crippen molar-refractivity contribution in [3.63, 3.8) is 0 Å². The van der Waals surface area contributed by atoms with Crippen LogP contribution in [-0.2, 0) is 11.3 Å². The fraction of sp³-hybridized carbons (Fsp3) is 0.429. The standard InChI is InChI=1S/C14H22N4O2/c1-10(2)17-14(20)18-12-5-3-11(4-6-12)9-16-13(19)7-8-15/h3-6,10H,7-9,15H2,1-2H3,(H,16,19)(H2,17,18,20). The van der Waals surface area contributed by atoms with Gasteiger partial charge in [0.25, 0.3) is 0 Å². The van der Waals surface area contributed by atoms with Gasteiger partial charge in [0, 0.05) is 31.2 Å². The molecule has 0 heterocycles. The highest BCUT2D eigenvalue weighted by Gasteiger charge is 2.03. The minimum absolute atomic E-state index is 0.0639. The van der Waals surface area contributed by atoms with Crippen LogP contribution in [0.4, 0.5) is 10.5 Å². The van der Waals surface area contributed by atoms with E-state index in [1.165, 1.54) is 0 Å². The number of benzene rings is 1. The monoisotopic (exact) mass is 278 g/mol. The molecular weight excluding hydrogens is 256 g/mol. The summed E-state index contributed by atoms with van der Waals surface area (Å²) >= 11 is 0. The summed E-state index contributed by atoms with van der Waals surface area (Å²) in [6.45, 7) is 4.59. The van der Waals surface area contributed by atoms with Crippen LogP contribution >= 0.6 is 0 Å². The maximum atomic E-state index is 11.5. The first-order valence-electron chi connectivity index (χ1n) is 6.64. The van der Waals surface area contributed by atoms with Gasteiger partial charge in [-0.2, -0.15) is 0 Å². The molecule has 0 saturated heterocycles. The van der Waals surface area contributed by atoms with E-state index in [1.54, 1.807) is 12.1 Å². The number of amides is 3. The second-order valence-electron chi connectivity index (χ2n) is 4.77. The Morgan fingerprint density at radius 1 is 1.20 bits per heavy atom. The van der Waals surface area contributed by atoms with Crippen molar-refractivity contribution < 1.29 is 9.59 Å². The smallest absolute Gasteiger partial charge is 0.319 e. The van der Waals surface area contributed by atoms with Crippen LogP contribution in [0, 0.1) is 0 Å². The summed E-state index contributed by atoms with van der Waals surface area (Å²) in [6.07, 6.45) is 0.328. The lowest BCUT2D eigenvalue weighted by Gasteiger charge is -2.10. The summed E-state index contributed by atoms with van der Waals surface area (Å²) in [5.41, 5.74) is 6.96. The fourth-order valence-electron chi connectivity index (χ4n) is 1.56. The maximum Gasteiger partial charge on any atom is 0.319 e. The van der Waals surface area contributed by atoms with E-state index in [0.29, 0.717) is 25.2 Å². The van der Waals surface area contributed by atoms with Crippen molar-refractivity contribution in [1.82, 2.24) is 10.6 Å². The van der Waals surface area contributed by atoms with Crippen LogP contribution < -0.4 is 21.7 Å². The normalized spacial score (nSPS) is 10.2. The molecule has 20 heavy (non-hydrogen) atoms. The SMILES string of the molecule is CC(C)NC(=O)Nc1ccc(CNC(=O)CCN)cc1. The summed E-state index contributed by atoms with van der Waals surface area (Å²) in [4.78, 5) is 22.8. The van der Waals surface area contributed by atoms with Gasteiger partial charge in [-0.1, -0.05) is 12.1 Å². The third kappa shape index (κ3) is 6.19. The third-order valence-electron chi connectivity index (χ3n) is 2.49. The Labute approximate surface area is 119 Å². The zero-order valence-corrected chi connectivity index (χ0v) is 11.9. The number of nitrogens with one attached hydrogen (secondary N) is 3. The van der Waals surface area contributed by atoms with Crippen LogP contribution in [-0.4, -0.2) is 24.5 Å². The minimum atomic E-state index is -0.232. The average Bonchev–Trinajstić information content (AvgIpc) is 2.37. The van der Waals surface area contributed by atoms with Gasteiger partial charge in [-0.3, -0.25) is 4.79 Å². The quantitative estimate of drug-likeness (QED) is 0.629. The number of anilines is 1. The Kier molecular flexibility index (Phi) is 6.52. The molecule has 0 saturated carbocycles. The maximum absolute atomic E-state index is 11.5. The Morgan fingerprint density at radius 3 is 2.40 bits per heavy atom. The molecule has 1 aromatic carbocycles. The first-order chi connectivity index (χ1) is 9.51. The molecular formula is C14H22N4O2. The van der Waals surface area contributed by atoms with Crippen LogP contribution in [0.1, 0.15) is 25.8 Å². The molecule has 0 bridgehead atoms. The molecule has 0 atom stereocenters. The van der Waals surface area contributed by atoms with Gasteiger partial charge >= 0.3 is 6.03 Å². The topological polar surface area (TPSA) is 96.2 Å². The lowest BCUT2D eigenvalue weighted by atomic mass is 10.2. The van der Waals surface area contributed by atoms with E-state index < -0.39 is 0 Å². The summed E-state index contributed by atoms with van der Waals surface area (Å²) in [7, 11) is 0. The molecule has 3 amide bonds. The number of hydrogen-bond donors (Lipinski definition) is 4. The molecule has 5 N–H and O–H groups in total. The molecule has 0 aliphatic carbocycles. The molecule has 1 rings (SSSR count). The first-order valence-corrected chi connectivity index (χ1v) is 6.64. The number of hydrogen-bond acceptors (Lipinski definition) is 3. The summed E-state index contributed by atoms with van der Waals surface area (Å²) < 4.78 is 0. The van der Waals surface area contributed by atoms with Crippen LogP contribution in [0.2, 0.25) is 0 Å². The Bertz CT molecular complexity index is 443. The van der Waals surface area contributed by atoms with E-state index >= 15 is 0 Å². The molecule has 0 aromatic heterocycles. The zero-order valence-electron chi connectivity index (χ0n) is 11.9. The Balaban J connectivity index is 2.44. The van der Waals surface area contributed by atoms with Gasteiger partial charge < -0.3 is 21.7 Å². The number of carbonyl (C=O) groups is 2. The summed E-state index contributed by atoms with van der Waals surface area (Å²) in [6, 6.07) is 7.16. The lowest BCUT2D eigenvalue weighted by molar-refractivity contribution is -0.121. The molecule has 0 unspecified atom stereocenters. The summed E-state index contributed by atoms with van der Waals surface area (Å²) in [5.74, 6) is -0.0639. The van der Waals surface area contributed by atoms with Gasteiger partial charge in [0.05, 0.1) is 0 Å². The predicted octanol–water partition coefficient (Wildman–Crippen LogP) is 1.18. The predicted molar refractivity (Wildman–Crippen MR) is 79.3 cm³/mol. The highest BCUT2D eigenvalue weighted by molar-refractivity contribution is 5.89. The first kappa shape index (κ1) is 16.0. The van der Waals surface area contributed by atoms with Crippen molar-refractivity contribution in [3.05, 3.63) is 29.8 Å². The van der Waals surface area contributed by atoms with E-state index in [4.69, 9.17) is 5.73 Å². The molecule has 0 fully saturated rings.